The third-order valence-corrected chi connectivity index (χ3v) is 10.3. The van der Waals surface area contributed by atoms with Crippen LogP contribution in [0.4, 0.5) is 0 Å². The number of sulfonamides is 2. The van der Waals surface area contributed by atoms with E-state index in [9.17, 15) is 21.6 Å². The van der Waals surface area contributed by atoms with Gasteiger partial charge in [0.25, 0.3) is 0 Å². The highest BCUT2D eigenvalue weighted by atomic mass is 32.2. The lowest BCUT2D eigenvalue weighted by atomic mass is 10.2. The zero-order chi connectivity index (χ0) is 23.1. The first kappa shape index (κ1) is 23.1. The molecule has 4 rings (SSSR count). The number of aromatic nitrogens is 1. The summed E-state index contributed by atoms with van der Waals surface area (Å²) in [5.74, 6) is 0. The van der Waals surface area contributed by atoms with Crippen LogP contribution in [0.2, 0.25) is 0 Å². The summed E-state index contributed by atoms with van der Waals surface area (Å²) in [5, 5.41) is 0. The van der Waals surface area contributed by atoms with E-state index in [1.807, 2.05) is 13.8 Å². The summed E-state index contributed by atoms with van der Waals surface area (Å²) in [5.41, 5.74) is 1.70. The highest BCUT2D eigenvalue weighted by Crippen LogP contribution is 2.26. The molecule has 0 atom stereocenters. The molecule has 1 aliphatic rings. The van der Waals surface area contributed by atoms with E-state index in [1.54, 1.807) is 34.9 Å². The quantitative estimate of drug-likeness (QED) is 0.523. The van der Waals surface area contributed by atoms with Crippen LogP contribution in [0.1, 0.15) is 18.9 Å². The summed E-state index contributed by atoms with van der Waals surface area (Å²) in [6, 6.07) is 11.4. The molecule has 11 heteroatoms. The second kappa shape index (κ2) is 8.71. The molecular formula is C21H25N3O5S3. The van der Waals surface area contributed by atoms with Crippen LogP contribution in [0.3, 0.4) is 0 Å². The van der Waals surface area contributed by atoms with Crippen LogP contribution in [0.15, 0.2) is 57.1 Å². The van der Waals surface area contributed by atoms with Crippen molar-refractivity contribution in [2.45, 2.75) is 36.6 Å². The highest BCUT2D eigenvalue weighted by molar-refractivity contribution is 7.89. The van der Waals surface area contributed by atoms with Crippen LogP contribution in [0.25, 0.3) is 10.2 Å². The van der Waals surface area contributed by atoms with Crippen molar-refractivity contribution in [2.75, 3.05) is 26.2 Å². The fourth-order valence-corrected chi connectivity index (χ4v) is 7.70. The average molecular weight is 496 g/mol. The third-order valence-electron chi connectivity index (χ3n) is 5.58. The van der Waals surface area contributed by atoms with Gasteiger partial charge in [0.05, 0.1) is 20.0 Å². The fraction of sp³-hybridized carbons (Fsp3) is 0.381. The predicted molar refractivity (Wildman–Crippen MR) is 125 cm³/mol. The minimum atomic E-state index is -3.80. The minimum Gasteiger partial charge on any atom is -0.299 e. The first-order valence-electron chi connectivity index (χ1n) is 10.3. The lowest BCUT2D eigenvalue weighted by Gasteiger charge is -2.33. The third kappa shape index (κ3) is 4.15. The van der Waals surface area contributed by atoms with Gasteiger partial charge >= 0.3 is 4.87 Å². The van der Waals surface area contributed by atoms with Crippen molar-refractivity contribution in [1.29, 1.82) is 0 Å². The minimum absolute atomic E-state index is 0.0680. The molecule has 0 spiro atoms. The molecule has 172 valence electrons. The molecular weight excluding hydrogens is 470 g/mol. The van der Waals surface area contributed by atoms with Crippen LogP contribution in [0.5, 0.6) is 0 Å². The van der Waals surface area contributed by atoms with E-state index in [1.165, 1.54) is 20.7 Å². The maximum absolute atomic E-state index is 13.2. The number of piperazine rings is 1. The summed E-state index contributed by atoms with van der Waals surface area (Å²) < 4.78 is 57.1. The van der Waals surface area contributed by atoms with Gasteiger partial charge in [-0.1, -0.05) is 36.0 Å². The van der Waals surface area contributed by atoms with E-state index in [-0.39, 0.29) is 40.8 Å². The van der Waals surface area contributed by atoms with Gasteiger partial charge in [-0.3, -0.25) is 9.36 Å². The van der Waals surface area contributed by atoms with Crippen molar-refractivity contribution < 1.29 is 16.8 Å². The maximum Gasteiger partial charge on any atom is 0.308 e. The summed E-state index contributed by atoms with van der Waals surface area (Å²) in [6.07, 6.45) is 0.807. The monoisotopic (exact) mass is 495 g/mol. The van der Waals surface area contributed by atoms with E-state index in [4.69, 9.17) is 0 Å². The van der Waals surface area contributed by atoms with Gasteiger partial charge in [0.1, 0.15) is 0 Å². The van der Waals surface area contributed by atoms with E-state index >= 15 is 0 Å². The van der Waals surface area contributed by atoms with Crippen LogP contribution >= 0.6 is 11.3 Å². The zero-order valence-electron chi connectivity index (χ0n) is 17.9. The average Bonchev–Trinajstić information content (AvgIpc) is 3.09. The molecule has 32 heavy (non-hydrogen) atoms. The second-order valence-corrected chi connectivity index (χ2v) is 12.6. The van der Waals surface area contributed by atoms with Gasteiger partial charge in [0.2, 0.25) is 20.0 Å². The van der Waals surface area contributed by atoms with E-state index < -0.39 is 20.0 Å². The lowest BCUT2D eigenvalue weighted by molar-refractivity contribution is 0.273. The van der Waals surface area contributed by atoms with Crippen molar-refractivity contribution in [2.24, 2.45) is 0 Å². The Hall–Kier alpha value is -2.05. The Balaban J connectivity index is 1.54. The Morgan fingerprint density at radius 3 is 1.94 bits per heavy atom. The number of fused-ring (bicyclic) bond motifs is 1. The highest BCUT2D eigenvalue weighted by Gasteiger charge is 2.34. The van der Waals surface area contributed by atoms with E-state index in [0.29, 0.717) is 11.2 Å². The molecule has 1 fully saturated rings. The van der Waals surface area contributed by atoms with Crippen LogP contribution in [-0.4, -0.2) is 56.2 Å². The molecule has 2 aromatic carbocycles. The second-order valence-electron chi connectivity index (χ2n) is 7.77. The van der Waals surface area contributed by atoms with E-state index in [2.05, 4.69) is 0 Å². The predicted octanol–water partition coefficient (Wildman–Crippen LogP) is 2.48. The molecule has 8 nitrogen and oxygen atoms in total. The Morgan fingerprint density at radius 1 is 0.844 bits per heavy atom. The number of rotatable bonds is 6. The first-order valence-corrected chi connectivity index (χ1v) is 14.0. The van der Waals surface area contributed by atoms with Gasteiger partial charge in [-0.15, -0.1) is 0 Å². The van der Waals surface area contributed by atoms with Crippen molar-refractivity contribution in [1.82, 2.24) is 13.2 Å². The maximum atomic E-state index is 13.2. The van der Waals surface area contributed by atoms with Crippen molar-refractivity contribution in [3.63, 3.8) is 0 Å². The molecule has 0 N–H and O–H groups in total. The molecule has 0 bridgehead atoms. The molecule has 1 aliphatic heterocycles. The Morgan fingerprint density at radius 2 is 1.38 bits per heavy atom. The fourth-order valence-electron chi connectivity index (χ4n) is 3.80. The lowest BCUT2D eigenvalue weighted by Crippen LogP contribution is -2.50. The van der Waals surface area contributed by atoms with Crippen LogP contribution in [-0.2, 0) is 26.6 Å². The van der Waals surface area contributed by atoms with Gasteiger partial charge in [-0.05, 0) is 43.7 Å². The Kier molecular flexibility index (Phi) is 6.29. The van der Waals surface area contributed by atoms with E-state index in [0.717, 1.165) is 28.8 Å². The number of benzene rings is 2. The van der Waals surface area contributed by atoms with Gasteiger partial charge < -0.3 is 0 Å². The summed E-state index contributed by atoms with van der Waals surface area (Å²) in [4.78, 5) is 12.4. The number of hydrogen-bond acceptors (Lipinski definition) is 6. The SMILES string of the molecule is CCCn1c(=O)sc2cc(S(=O)(=O)N3CCN(S(=O)(=O)c4ccc(C)cc4)CC3)ccc21. The number of thiazole rings is 1. The molecule has 0 saturated carbocycles. The summed E-state index contributed by atoms with van der Waals surface area (Å²) >= 11 is 1.03. The van der Waals surface area contributed by atoms with Crippen molar-refractivity contribution >= 4 is 41.6 Å². The molecule has 0 unspecified atom stereocenters. The normalized spacial score (nSPS) is 16.6. The smallest absolute Gasteiger partial charge is 0.299 e. The first-order chi connectivity index (χ1) is 15.1. The van der Waals surface area contributed by atoms with Crippen molar-refractivity contribution in [3.05, 3.63) is 57.7 Å². The standard InChI is InChI=1S/C21H25N3O5S3/c1-3-10-24-19-9-8-18(15-20(19)30-21(24)25)32(28,29)23-13-11-22(12-14-23)31(26,27)17-6-4-16(2)5-7-17/h4-9,15H,3,10-14H2,1-2H3. The number of nitrogens with zero attached hydrogens (tertiary/aromatic N) is 3. The van der Waals surface area contributed by atoms with Gasteiger partial charge in [0, 0.05) is 32.7 Å². The number of hydrogen-bond donors (Lipinski definition) is 0. The Bertz CT molecular complexity index is 1400. The summed E-state index contributed by atoms with van der Waals surface area (Å²) in [6.45, 7) is 4.75. The summed E-state index contributed by atoms with van der Waals surface area (Å²) in [7, 11) is -7.47. The van der Waals surface area contributed by atoms with Gasteiger partial charge in [-0.25, -0.2) is 16.8 Å². The molecule has 3 aromatic rings. The van der Waals surface area contributed by atoms with Gasteiger partial charge in [0.15, 0.2) is 0 Å². The van der Waals surface area contributed by atoms with Crippen LogP contribution < -0.4 is 4.87 Å². The molecule has 0 amide bonds. The zero-order valence-corrected chi connectivity index (χ0v) is 20.3. The molecule has 0 aliphatic carbocycles. The molecule has 0 radical (unpaired) electrons. The molecule has 1 saturated heterocycles. The van der Waals surface area contributed by atoms with Crippen molar-refractivity contribution in [3.8, 4) is 0 Å². The van der Waals surface area contributed by atoms with Gasteiger partial charge in [-0.2, -0.15) is 8.61 Å². The largest absolute Gasteiger partial charge is 0.308 e. The van der Waals surface area contributed by atoms with Crippen LogP contribution in [0, 0.1) is 6.92 Å². The molecule has 1 aromatic heterocycles. The number of aryl methyl sites for hydroxylation is 2. The topological polar surface area (TPSA) is 96.8 Å². The Labute approximate surface area is 191 Å². The molecule has 2 heterocycles.